The van der Waals surface area contributed by atoms with Crippen LogP contribution in [0.25, 0.3) is 65.4 Å². The number of furan rings is 2. The molecule has 0 radical (unpaired) electrons. The second-order valence-corrected chi connectivity index (χ2v) is 22.3. The topological polar surface area (TPSA) is 32.8 Å². The molecule has 0 amide bonds. The number of rotatable bonds is 7. The zero-order valence-electron chi connectivity index (χ0n) is 33.7. The van der Waals surface area contributed by atoms with Gasteiger partial charge >= 0.3 is 0 Å². The summed E-state index contributed by atoms with van der Waals surface area (Å²) in [6.07, 6.45) is 9.76. The molecule has 2 aromatic heterocycles. The monoisotopic (exact) mass is 780 g/mol. The third-order valence-electron chi connectivity index (χ3n) is 12.3. The Labute approximate surface area is 344 Å². The average molecular weight is 781 g/mol. The van der Waals surface area contributed by atoms with E-state index in [1.807, 2.05) is 12.1 Å². The van der Waals surface area contributed by atoms with Gasteiger partial charge in [0.25, 0.3) is 0 Å². The Bertz CT molecular complexity index is 3310. The highest BCUT2D eigenvalue weighted by Crippen LogP contribution is 2.46. The quantitative estimate of drug-likeness (QED) is 0.119. The van der Waals surface area contributed by atoms with E-state index in [-0.39, 0.29) is 5.54 Å². The van der Waals surface area contributed by atoms with Crippen LogP contribution >= 0.6 is 0 Å². The molecule has 8 aromatic carbocycles. The number of benzene rings is 8. The van der Waals surface area contributed by atoms with E-state index in [4.69, 9.17) is 8.83 Å². The first-order valence-corrected chi connectivity index (χ1v) is 24.1. The summed E-state index contributed by atoms with van der Waals surface area (Å²) >= 11 is 0. The Hall–Kier alpha value is -6.82. The van der Waals surface area contributed by atoms with Gasteiger partial charge in [0.05, 0.1) is 13.6 Å². The number of anilines is 5. The van der Waals surface area contributed by atoms with Gasteiger partial charge in [0, 0.05) is 67.5 Å². The van der Waals surface area contributed by atoms with Crippen molar-refractivity contribution in [2.75, 3.05) is 9.80 Å². The molecule has 0 N–H and O–H groups in total. The fourth-order valence-electron chi connectivity index (χ4n) is 9.32. The smallest absolute Gasteiger partial charge is 0.143 e. The van der Waals surface area contributed by atoms with E-state index in [1.165, 1.54) is 16.0 Å². The number of hydrogen-bond acceptors (Lipinski definition) is 4. The molecule has 0 aliphatic heterocycles. The Morgan fingerprint density at radius 1 is 0.475 bits per heavy atom. The molecule has 0 fully saturated rings. The van der Waals surface area contributed by atoms with Crippen LogP contribution in [0.1, 0.15) is 13.3 Å². The Balaban J connectivity index is 1.09. The average Bonchev–Trinajstić information content (AvgIpc) is 3.83. The van der Waals surface area contributed by atoms with Gasteiger partial charge in [-0.05, 0) is 102 Å². The van der Waals surface area contributed by atoms with Crippen LogP contribution in [0.4, 0.5) is 28.4 Å². The van der Waals surface area contributed by atoms with Crippen LogP contribution in [-0.2, 0) is 0 Å². The van der Waals surface area contributed by atoms with Gasteiger partial charge in [-0.25, -0.2) is 0 Å². The van der Waals surface area contributed by atoms with Crippen molar-refractivity contribution in [2.24, 2.45) is 0 Å². The minimum Gasteiger partial charge on any atom is -0.456 e. The van der Waals surface area contributed by atoms with Crippen molar-refractivity contribution in [3.05, 3.63) is 182 Å². The van der Waals surface area contributed by atoms with Gasteiger partial charge in [0.2, 0.25) is 0 Å². The molecule has 59 heavy (non-hydrogen) atoms. The van der Waals surface area contributed by atoms with Gasteiger partial charge in [-0.1, -0.05) is 122 Å². The maximum Gasteiger partial charge on any atom is 0.143 e. The van der Waals surface area contributed by atoms with Gasteiger partial charge in [-0.15, -0.1) is 0 Å². The van der Waals surface area contributed by atoms with E-state index in [2.05, 4.69) is 206 Å². The summed E-state index contributed by atoms with van der Waals surface area (Å²) in [4.78, 5) is 4.80. The third-order valence-corrected chi connectivity index (χ3v) is 14.4. The van der Waals surface area contributed by atoms with Crippen molar-refractivity contribution in [1.82, 2.24) is 0 Å². The van der Waals surface area contributed by atoms with Crippen LogP contribution < -0.4 is 15.0 Å². The van der Waals surface area contributed by atoms with Crippen molar-refractivity contribution in [3.8, 4) is 0 Å². The molecule has 4 nitrogen and oxygen atoms in total. The summed E-state index contributed by atoms with van der Waals surface area (Å²) in [5, 5.41) is 10.6. The number of para-hydroxylation sites is 2. The molecular weight excluding hydrogens is 737 g/mol. The second-order valence-electron chi connectivity index (χ2n) is 17.2. The first-order valence-electron chi connectivity index (χ1n) is 20.6. The van der Waals surface area contributed by atoms with E-state index in [1.54, 1.807) is 0 Å². The van der Waals surface area contributed by atoms with Crippen molar-refractivity contribution in [2.45, 2.75) is 38.5 Å². The van der Waals surface area contributed by atoms with Crippen LogP contribution in [0.3, 0.4) is 0 Å². The van der Waals surface area contributed by atoms with Gasteiger partial charge in [0.15, 0.2) is 0 Å². The van der Waals surface area contributed by atoms with E-state index in [0.29, 0.717) is 0 Å². The van der Waals surface area contributed by atoms with Crippen LogP contribution in [-0.4, -0.2) is 13.6 Å². The lowest BCUT2D eigenvalue weighted by Crippen LogP contribution is -2.42. The molecule has 0 saturated carbocycles. The van der Waals surface area contributed by atoms with E-state index in [9.17, 15) is 0 Å². The number of allylic oxidation sites excluding steroid dienone is 2. The molecule has 1 aliphatic carbocycles. The summed E-state index contributed by atoms with van der Waals surface area (Å²) in [6, 6.07) is 57.1. The van der Waals surface area contributed by atoms with E-state index in [0.717, 1.165) is 89.5 Å². The van der Waals surface area contributed by atoms with Gasteiger partial charge in [-0.2, -0.15) is 0 Å². The summed E-state index contributed by atoms with van der Waals surface area (Å²) in [5.41, 5.74) is 8.73. The normalized spacial score (nSPS) is 15.7. The minimum absolute atomic E-state index is 0.308. The predicted molar refractivity (Wildman–Crippen MR) is 254 cm³/mol. The standard InChI is InChI=1S/C54H44N2O2Si/c1-54(31-13-6-14-32-54)56(40-24-28-44-43-18-11-12-20-49(43)57-50(44)35-40)39-25-29-46-48(33-39)42-17-9-10-19-45(42)52-47-30-23-38(34-51(47)58-53(46)52)55(36-15-7-5-8-16-36)37-21-26-41(27-22-37)59(2,3)4/h5-31,33-35H,32H2,1-4H3. The summed E-state index contributed by atoms with van der Waals surface area (Å²) in [6.45, 7) is 9.50. The van der Waals surface area contributed by atoms with Gasteiger partial charge in [0.1, 0.15) is 22.3 Å². The zero-order chi connectivity index (χ0) is 39.9. The maximum absolute atomic E-state index is 7.03. The molecule has 0 bridgehead atoms. The number of nitrogens with zero attached hydrogens (tertiary/aromatic N) is 2. The summed E-state index contributed by atoms with van der Waals surface area (Å²) < 4.78 is 13.5. The Morgan fingerprint density at radius 2 is 1.07 bits per heavy atom. The molecule has 0 spiro atoms. The van der Waals surface area contributed by atoms with Crippen LogP contribution in [0.15, 0.2) is 191 Å². The largest absolute Gasteiger partial charge is 0.456 e. The number of hydrogen-bond donors (Lipinski definition) is 0. The van der Waals surface area contributed by atoms with Crippen LogP contribution in [0.5, 0.6) is 0 Å². The van der Waals surface area contributed by atoms with Gasteiger partial charge < -0.3 is 18.6 Å². The SMILES string of the molecule is CC1(N(c2ccc3c(c2)oc2ccccc23)c2ccc3c(c2)c2ccccc2c2c4ccc(N(c5ccccc5)c5ccc([Si](C)(C)C)cc5)cc4oc32)C=CC=CC1. The molecule has 0 saturated heterocycles. The molecule has 1 unspecified atom stereocenters. The molecule has 1 atom stereocenters. The molecule has 1 aliphatic rings. The maximum atomic E-state index is 7.03. The minimum atomic E-state index is -1.45. The van der Waals surface area contributed by atoms with Crippen molar-refractivity contribution < 1.29 is 8.83 Å². The van der Waals surface area contributed by atoms with Crippen LogP contribution in [0, 0.1) is 0 Å². The lowest BCUT2D eigenvalue weighted by Gasteiger charge is -2.42. The van der Waals surface area contributed by atoms with Crippen molar-refractivity contribution >= 4 is 107 Å². The highest BCUT2D eigenvalue weighted by Gasteiger charge is 2.32. The lowest BCUT2D eigenvalue weighted by atomic mass is 9.89. The molecule has 11 rings (SSSR count). The highest BCUT2D eigenvalue weighted by molar-refractivity contribution is 6.88. The summed E-state index contributed by atoms with van der Waals surface area (Å²) in [7, 11) is -1.45. The second kappa shape index (κ2) is 13.4. The number of fused-ring (bicyclic) bond motifs is 11. The lowest BCUT2D eigenvalue weighted by molar-refractivity contribution is 0.570. The molecule has 2 heterocycles. The van der Waals surface area contributed by atoms with E-state index >= 15 is 0 Å². The fourth-order valence-corrected chi connectivity index (χ4v) is 10.5. The summed E-state index contributed by atoms with van der Waals surface area (Å²) in [5.74, 6) is 0. The van der Waals surface area contributed by atoms with Gasteiger partial charge in [-0.3, -0.25) is 0 Å². The third kappa shape index (κ3) is 5.79. The highest BCUT2D eigenvalue weighted by atomic mass is 28.3. The van der Waals surface area contributed by atoms with E-state index < -0.39 is 8.07 Å². The first-order chi connectivity index (χ1) is 28.7. The zero-order valence-corrected chi connectivity index (χ0v) is 34.7. The van der Waals surface area contributed by atoms with Crippen LogP contribution in [0.2, 0.25) is 19.6 Å². The molecular formula is C54H44N2O2Si. The van der Waals surface area contributed by atoms with Crippen molar-refractivity contribution in [3.63, 3.8) is 0 Å². The Kier molecular flexibility index (Phi) is 8.01. The predicted octanol–water partition coefficient (Wildman–Crippen LogP) is 15.2. The van der Waals surface area contributed by atoms with Crippen molar-refractivity contribution in [1.29, 1.82) is 0 Å². The molecule has 286 valence electrons. The Morgan fingerprint density at radius 3 is 1.83 bits per heavy atom. The fraction of sp³-hybridized carbons (Fsp3) is 0.111. The first kappa shape index (κ1) is 35.3. The molecule has 5 heteroatoms. The molecule has 10 aromatic rings.